The van der Waals surface area contributed by atoms with E-state index in [2.05, 4.69) is 39.4 Å². The molecule has 0 unspecified atom stereocenters. The van der Waals surface area contributed by atoms with Crippen LogP contribution in [0.4, 0.5) is 0 Å². The van der Waals surface area contributed by atoms with Crippen molar-refractivity contribution in [3.8, 4) is 0 Å². The van der Waals surface area contributed by atoms with Gasteiger partial charge in [0.15, 0.2) is 0 Å². The van der Waals surface area contributed by atoms with Crippen molar-refractivity contribution >= 4 is 27.7 Å². The third-order valence-electron chi connectivity index (χ3n) is 3.14. The SMILES string of the molecule is Brc1ccc(CNC2CC2)c(SCc2ccco2)c1. The molecule has 4 heteroatoms. The number of hydrogen-bond acceptors (Lipinski definition) is 3. The van der Waals surface area contributed by atoms with Crippen molar-refractivity contribution in [1.82, 2.24) is 5.32 Å². The van der Waals surface area contributed by atoms with Gasteiger partial charge >= 0.3 is 0 Å². The molecule has 1 aliphatic rings. The Hall–Kier alpha value is -0.710. The standard InChI is InChI=1S/C15H16BrNOS/c16-12-4-3-11(9-17-13-5-6-13)15(8-12)19-10-14-2-1-7-18-14/h1-4,7-8,13,17H,5-6,9-10H2. The largest absolute Gasteiger partial charge is 0.468 e. The van der Waals surface area contributed by atoms with Crippen LogP contribution in [-0.4, -0.2) is 6.04 Å². The molecule has 0 saturated heterocycles. The van der Waals surface area contributed by atoms with Crippen LogP contribution in [0.15, 0.2) is 50.4 Å². The van der Waals surface area contributed by atoms with Crippen LogP contribution in [0, 0.1) is 0 Å². The Morgan fingerprint density at radius 1 is 1.32 bits per heavy atom. The predicted molar refractivity (Wildman–Crippen MR) is 82.3 cm³/mol. The maximum Gasteiger partial charge on any atom is 0.113 e. The van der Waals surface area contributed by atoms with Crippen LogP contribution in [0.25, 0.3) is 0 Å². The second-order valence-corrected chi connectivity index (χ2v) is 6.71. The fourth-order valence-electron chi connectivity index (χ4n) is 1.89. The summed E-state index contributed by atoms with van der Waals surface area (Å²) in [6, 6.07) is 11.2. The lowest BCUT2D eigenvalue weighted by Gasteiger charge is -2.10. The Labute approximate surface area is 126 Å². The molecule has 3 rings (SSSR count). The Bertz CT molecular complexity index is 537. The van der Waals surface area contributed by atoms with Crippen LogP contribution in [0.5, 0.6) is 0 Å². The minimum Gasteiger partial charge on any atom is -0.468 e. The molecule has 2 nitrogen and oxygen atoms in total. The molecule has 100 valence electrons. The monoisotopic (exact) mass is 337 g/mol. The summed E-state index contributed by atoms with van der Waals surface area (Å²) < 4.78 is 6.51. The summed E-state index contributed by atoms with van der Waals surface area (Å²) in [6.45, 7) is 0.957. The lowest BCUT2D eigenvalue weighted by atomic mass is 10.2. The van der Waals surface area contributed by atoms with Crippen molar-refractivity contribution in [2.75, 3.05) is 0 Å². The summed E-state index contributed by atoms with van der Waals surface area (Å²) in [7, 11) is 0. The average molecular weight is 338 g/mol. The van der Waals surface area contributed by atoms with E-state index >= 15 is 0 Å². The van der Waals surface area contributed by atoms with E-state index < -0.39 is 0 Å². The van der Waals surface area contributed by atoms with Crippen molar-refractivity contribution in [1.29, 1.82) is 0 Å². The van der Waals surface area contributed by atoms with Gasteiger partial charge in [0.1, 0.15) is 5.76 Å². The molecule has 2 aromatic rings. The van der Waals surface area contributed by atoms with Gasteiger partial charge in [0.25, 0.3) is 0 Å². The Kier molecular flexibility index (Phi) is 4.31. The number of nitrogens with one attached hydrogen (secondary N) is 1. The summed E-state index contributed by atoms with van der Waals surface area (Å²) in [5.41, 5.74) is 1.37. The molecule has 1 heterocycles. The first kappa shape index (κ1) is 13.3. The minimum atomic E-state index is 0.742. The summed E-state index contributed by atoms with van der Waals surface area (Å²) >= 11 is 5.38. The average Bonchev–Trinajstić information content (AvgIpc) is 3.09. The van der Waals surface area contributed by atoms with E-state index in [0.717, 1.165) is 28.6 Å². The van der Waals surface area contributed by atoms with Crippen LogP contribution in [0.3, 0.4) is 0 Å². The Balaban J connectivity index is 1.67. The number of furan rings is 1. The zero-order valence-electron chi connectivity index (χ0n) is 10.6. The third kappa shape index (κ3) is 3.88. The number of hydrogen-bond donors (Lipinski definition) is 1. The molecule has 0 radical (unpaired) electrons. The van der Waals surface area contributed by atoms with E-state index in [4.69, 9.17) is 4.42 Å². The number of thioether (sulfide) groups is 1. The van der Waals surface area contributed by atoms with Crippen molar-refractivity contribution < 1.29 is 4.42 Å². The summed E-state index contributed by atoms with van der Waals surface area (Å²) in [6.07, 6.45) is 4.38. The van der Waals surface area contributed by atoms with Gasteiger partial charge in [-0.1, -0.05) is 22.0 Å². The number of rotatable bonds is 6. The first-order chi connectivity index (χ1) is 9.31. The van der Waals surface area contributed by atoms with E-state index in [-0.39, 0.29) is 0 Å². The van der Waals surface area contributed by atoms with Gasteiger partial charge in [-0.25, -0.2) is 0 Å². The Morgan fingerprint density at radius 2 is 2.21 bits per heavy atom. The predicted octanol–water partition coefficient (Wildman–Crippen LogP) is 4.59. The quantitative estimate of drug-likeness (QED) is 0.780. The number of benzene rings is 1. The highest BCUT2D eigenvalue weighted by atomic mass is 79.9. The van der Waals surface area contributed by atoms with Crippen molar-refractivity contribution in [3.05, 3.63) is 52.4 Å². The van der Waals surface area contributed by atoms with Gasteiger partial charge in [-0.05, 0) is 42.7 Å². The minimum absolute atomic E-state index is 0.742. The van der Waals surface area contributed by atoms with Crippen molar-refractivity contribution in [2.24, 2.45) is 0 Å². The molecule has 0 aliphatic heterocycles. The lowest BCUT2D eigenvalue weighted by Crippen LogP contribution is -2.15. The van der Waals surface area contributed by atoms with Gasteiger partial charge in [0, 0.05) is 22.0 Å². The summed E-state index contributed by atoms with van der Waals surface area (Å²) in [5.74, 6) is 1.89. The van der Waals surface area contributed by atoms with Crippen LogP contribution in [0.1, 0.15) is 24.2 Å². The topological polar surface area (TPSA) is 25.2 Å². The molecule has 1 aromatic heterocycles. The van der Waals surface area contributed by atoms with Gasteiger partial charge in [-0.15, -0.1) is 11.8 Å². The smallest absolute Gasteiger partial charge is 0.113 e. The van der Waals surface area contributed by atoms with Gasteiger partial charge < -0.3 is 9.73 Å². The molecular formula is C15H16BrNOS. The van der Waals surface area contributed by atoms with E-state index in [1.54, 1.807) is 6.26 Å². The summed E-state index contributed by atoms with van der Waals surface area (Å²) in [4.78, 5) is 1.32. The first-order valence-electron chi connectivity index (χ1n) is 6.48. The zero-order valence-corrected chi connectivity index (χ0v) is 13.0. The molecule has 1 fully saturated rings. The van der Waals surface area contributed by atoms with E-state index in [0.29, 0.717) is 0 Å². The molecule has 1 aliphatic carbocycles. The summed E-state index contributed by atoms with van der Waals surface area (Å²) in [5, 5.41) is 3.57. The molecule has 19 heavy (non-hydrogen) atoms. The molecule has 0 spiro atoms. The van der Waals surface area contributed by atoms with Gasteiger partial charge in [-0.3, -0.25) is 0 Å². The molecule has 1 N–H and O–H groups in total. The maximum absolute atomic E-state index is 5.39. The molecular weight excluding hydrogens is 322 g/mol. The second-order valence-electron chi connectivity index (χ2n) is 4.78. The van der Waals surface area contributed by atoms with Crippen LogP contribution >= 0.6 is 27.7 Å². The van der Waals surface area contributed by atoms with Crippen LogP contribution in [-0.2, 0) is 12.3 Å². The first-order valence-corrected chi connectivity index (χ1v) is 8.26. The fraction of sp³-hybridized carbons (Fsp3) is 0.333. The van der Waals surface area contributed by atoms with E-state index in [9.17, 15) is 0 Å². The third-order valence-corrected chi connectivity index (χ3v) is 4.75. The highest BCUT2D eigenvalue weighted by Gasteiger charge is 2.20. The van der Waals surface area contributed by atoms with Crippen LogP contribution in [0.2, 0.25) is 0 Å². The normalized spacial score (nSPS) is 14.8. The molecule has 1 aromatic carbocycles. The lowest BCUT2D eigenvalue weighted by molar-refractivity contribution is 0.530. The zero-order chi connectivity index (χ0) is 13.1. The van der Waals surface area contributed by atoms with Crippen molar-refractivity contribution in [3.63, 3.8) is 0 Å². The number of halogens is 1. The van der Waals surface area contributed by atoms with E-state index in [1.165, 1.54) is 23.3 Å². The van der Waals surface area contributed by atoms with Crippen molar-refractivity contribution in [2.45, 2.75) is 36.1 Å². The Morgan fingerprint density at radius 3 is 2.95 bits per heavy atom. The highest BCUT2D eigenvalue weighted by Crippen LogP contribution is 2.30. The van der Waals surface area contributed by atoms with Gasteiger partial charge in [0.05, 0.1) is 12.0 Å². The maximum atomic E-state index is 5.39. The molecule has 0 amide bonds. The molecule has 1 saturated carbocycles. The van der Waals surface area contributed by atoms with E-state index in [1.807, 2.05) is 23.9 Å². The van der Waals surface area contributed by atoms with Gasteiger partial charge in [0.2, 0.25) is 0 Å². The molecule has 0 atom stereocenters. The fourth-order valence-corrected chi connectivity index (χ4v) is 3.40. The van der Waals surface area contributed by atoms with Crippen LogP contribution < -0.4 is 5.32 Å². The molecule has 0 bridgehead atoms. The van der Waals surface area contributed by atoms with Gasteiger partial charge in [-0.2, -0.15) is 0 Å². The highest BCUT2D eigenvalue weighted by molar-refractivity contribution is 9.10. The second kappa shape index (κ2) is 6.16.